The van der Waals surface area contributed by atoms with Crippen LogP contribution in [0.15, 0.2) is 46.6 Å². The van der Waals surface area contributed by atoms with Gasteiger partial charge in [-0.15, -0.1) is 11.3 Å². The van der Waals surface area contributed by atoms with Crippen LogP contribution in [-0.4, -0.2) is 52.3 Å². The number of amides is 1. The first-order valence-corrected chi connectivity index (χ1v) is 12.7. The highest BCUT2D eigenvalue weighted by Gasteiger charge is 2.32. The predicted octanol–water partition coefficient (Wildman–Crippen LogP) is 2.01. The molecule has 0 bridgehead atoms. The van der Waals surface area contributed by atoms with Crippen molar-refractivity contribution >= 4 is 33.0 Å². The summed E-state index contributed by atoms with van der Waals surface area (Å²) in [5, 5.41) is 9.44. The second kappa shape index (κ2) is 8.96. The Morgan fingerprint density at radius 3 is 2.81 bits per heavy atom. The standard InChI is InChI=1S/C20H22FN5O4S2/c1-32(29,30)24-9-3-5-14(12-24)19-23-25(20(28)26(19)18-8-4-10-31-18)13-17(27)22-16-7-2-6-15(21)11-16/h2,4,6-8,10-11,14H,3,5,9,12-13H2,1H3,(H,22,27). The highest BCUT2D eigenvalue weighted by molar-refractivity contribution is 7.88. The zero-order chi connectivity index (χ0) is 22.9. The van der Waals surface area contributed by atoms with Crippen molar-refractivity contribution in [1.82, 2.24) is 18.7 Å². The van der Waals surface area contributed by atoms with Gasteiger partial charge in [0.05, 0.1) is 6.26 Å². The molecule has 1 aliphatic rings. The van der Waals surface area contributed by atoms with E-state index in [0.717, 1.165) is 10.9 Å². The zero-order valence-corrected chi connectivity index (χ0v) is 18.9. The highest BCUT2D eigenvalue weighted by atomic mass is 32.2. The Morgan fingerprint density at radius 2 is 2.12 bits per heavy atom. The van der Waals surface area contributed by atoms with E-state index in [9.17, 15) is 22.4 Å². The number of piperidine rings is 1. The van der Waals surface area contributed by atoms with Gasteiger partial charge >= 0.3 is 5.69 Å². The van der Waals surface area contributed by atoms with E-state index in [1.165, 1.54) is 38.4 Å². The highest BCUT2D eigenvalue weighted by Crippen LogP contribution is 2.28. The van der Waals surface area contributed by atoms with Crippen LogP contribution in [-0.2, 0) is 21.4 Å². The first-order chi connectivity index (χ1) is 15.2. The number of aromatic nitrogens is 3. The minimum atomic E-state index is -3.37. The van der Waals surface area contributed by atoms with Crippen molar-refractivity contribution in [2.45, 2.75) is 25.3 Å². The maximum atomic E-state index is 13.4. The molecule has 12 heteroatoms. The molecule has 1 saturated heterocycles. The molecule has 32 heavy (non-hydrogen) atoms. The molecule has 9 nitrogen and oxygen atoms in total. The number of halogens is 1. The lowest BCUT2D eigenvalue weighted by molar-refractivity contribution is -0.117. The van der Waals surface area contributed by atoms with Gasteiger partial charge in [0.25, 0.3) is 0 Å². The van der Waals surface area contributed by atoms with Gasteiger partial charge in [-0.25, -0.2) is 31.2 Å². The van der Waals surface area contributed by atoms with Crippen LogP contribution in [0.1, 0.15) is 24.6 Å². The maximum absolute atomic E-state index is 13.4. The van der Waals surface area contributed by atoms with Crippen molar-refractivity contribution in [3.63, 3.8) is 0 Å². The molecule has 0 saturated carbocycles. The lowest BCUT2D eigenvalue weighted by Crippen LogP contribution is -2.39. The van der Waals surface area contributed by atoms with Crippen LogP contribution < -0.4 is 11.0 Å². The summed E-state index contributed by atoms with van der Waals surface area (Å²) in [6, 6.07) is 9.02. The Hall–Kier alpha value is -2.83. The third kappa shape index (κ3) is 4.81. The van der Waals surface area contributed by atoms with E-state index in [1.807, 2.05) is 5.38 Å². The Morgan fingerprint density at radius 1 is 1.31 bits per heavy atom. The first kappa shape index (κ1) is 22.4. The van der Waals surface area contributed by atoms with Gasteiger partial charge in [0.2, 0.25) is 15.9 Å². The third-order valence-electron chi connectivity index (χ3n) is 5.21. The van der Waals surface area contributed by atoms with Crippen LogP contribution in [0, 0.1) is 5.82 Å². The Bertz CT molecular complexity index is 1280. The molecule has 3 heterocycles. The fourth-order valence-electron chi connectivity index (χ4n) is 3.75. The number of benzene rings is 1. The van der Waals surface area contributed by atoms with Gasteiger partial charge in [-0.2, -0.15) is 5.10 Å². The number of rotatable bonds is 6. The number of carbonyl (C=O) groups is 1. The quantitative estimate of drug-likeness (QED) is 0.582. The van der Waals surface area contributed by atoms with Crippen LogP contribution in [0.4, 0.5) is 10.1 Å². The molecule has 1 amide bonds. The normalized spacial score (nSPS) is 17.4. The average molecular weight is 480 g/mol. The molecule has 170 valence electrons. The second-order valence-corrected chi connectivity index (χ2v) is 10.5. The van der Waals surface area contributed by atoms with Crippen molar-refractivity contribution < 1.29 is 17.6 Å². The maximum Gasteiger partial charge on any atom is 0.351 e. The number of hydrogen-bond donors (Lipinski definition) is 1. The molecule has 0 spiro atoms. The van der Waals surface area contributed by atoms with Crippen LogP contribution >= 0.6 is 11.3 Å². The van der Waals surface area contributed by atoms with E-state index in [-0.39, 0.29) is 24.7 Å². The van der Waals surface area contributed by atoms with E-state index in [1.54, 1.807) is 18.2 Å². The summed E-state index contributed by atoms with van der Waals surface area (Å²) in [4.78, 5) is 25.6. The number of thiophene rings is 1. The van der Waals surface area contributed by atoms with E-state index in [4.69, 9.17) is 0 Å². The molecular weight excluding hydrogens is 457 g/mol. The Balaban J connectivity index is 1.65. The summed E-state index contributed by atoms with van der Waals surface area (Å²) in [5.74, 6) is -0.886. The van der Waals surface area contributed by atoms with Gasteiger partial charge in [0.15, 0.2) is 0 Å². The largest absolute Gasteiger partial charge is 0.351 e. The third-order valence-corrected chi connectivity index (χ3v) is 7.33. The SMILES string of the molecule is CS(=O)(=O)N1CCCC(c2nn(CC(=O)Nc3cccc(F)c3)c(=O)n2-c2cccs2)C1. The zero-order valence-electron chi connectivity index (χ0n) is 17.3. The summed E-state index contributed by atoms with van der Waals surface area (Å²) in [5.41, 5.74) is -0.217. The average Bonchev–Trinajstić information content (AvgIpc) is 3.36. The van der Waals surface area contributed by atoms with Gasteiger partial charge in [0.1, 0.15) is 23.2 Å². The summed E-state index contributed by atoms with van der Waals surface area (Å²) in [6.07, 6.45) is 2.48. The van der Waals surface area contributed by atoms with Crippen molar-refractivity contribution in [2.24, 2.45) is 0 Å². The van der Waals surface area contributed by atoms with Crippen molar-refractivity contribution in [1.29, 1.82) is 0 Å². The number of nitrogens with zero attached hydrogens (tertiary/aromatic N) is 4. The summed E-state index contributed by atoms with van der Waals surface area (Å²) in [6.45, 7) is 0.286. The topological polar surface area (TPSA) is 106 Å². The molecule has 2 aromatic heterocycles. The monoisotopic (exact) mass is 479 g/mol. The molecule has 0 aliphatic carbocycles. The van der Waals surface area contributed by atoms with E-state index in [2.05, 4.69) is 10.4 Å². The lowest BCUT2D eigenvalue weighted by atomic mass is 9.99. The van der Waals surface area contributed by atoms with Crippen molar-refractivity contribution in [3.8, 4) is 5.00 Å². The molecule has 1 atom stereocenters. The van der Waals surface area contributed by atoms with Crippen molar-refractivity contribution in [2.75, 3.05) is 24.7 Å². The van der Waals surface area contributed by atoms with Crippen LogP contribution in [0.2, 0.25) is 0 Å². The molecular formula is C20H22FN5O4S2. The molecule has 1 aromatic carbocycles. The predicted molar refractivity (Wildman–Crippen MR) is 119 cm³/mol. The number of hydrogen-bond acceptors (Lipinski definition) is 6. The first-order valence-electron chi connectivity index (χ1n) is 9.96. The second-order valence-electron chi connectivity index (χ2n) is 7.60. The lowest BCUT2D eigenvalue weighted by Gasteiger charge is -2.30. The number of anilines is 1. The Kier molecular flexibility index (Phi) is 6.26. The molecule has 1 unspecified atom stereocenters. The number of nitrogens with one attached hydrogen (secondary N) is 1. The summed E-state index contributed by atoms with van der Waals surface area (Å²) < 4.78 is 41.4. The van der Waals surface area contributed by atoms with Crippen molar-refractivity contribution in [3.05, 3.63) is 63.9 Å². The molecule has 3 aromatic rings. The van der Waals surface area contributed by atoms with Gasteiger partial charge < -0.3 is 5.32 Å². The van der Waals surface area contributed by atoms with Crippen LogP contribution in [0.5, 0.6) is 0 Å². The van der Waals surface area contributed by atoms with Gasteiger partial charge in [-0.1, -0.05) is 6.07 Å². The molecule has 0 radical (unpaired) electrons. The molecule has 1 fully saturated rings. The van der Waals surface area contributed by atoms with Crippen LogP contribution in [0.25, 0.3) is 5.00 Å². The number of carbonyl (C=O) groups excluding carboxylic acids is 1. The van der Waals surface area contributed by atoms with E-state index < -0.39 is 27.4 Å². The molecule has 4 rings (SSSR count). The van der Waals surface area contributed by atoms with E-state index >= 15 is 0 Å². The van der Waals surface area contributed by atoms with Gasteiger partial charge in [-0.3, -0.25) is 4.79 Å². The minimum absolute atomic E-state index is 0.218. The fraction of sp³-hybridized carbons (Fsp3) is 0.350. The molecule has 1 aliphatic heterocycles. The molecule has 1 N–H and O–H groups in total. The van der Waals surface area contributed by atoms with E-state index in [0.29, 0.717) is 30.2 Å². The fourth-order valence-corrected chi connectivity index (χ4v) is 5.40. The number of sulfonamides is 1. The van der Waals surface area contributed by atoms with Gasteiger partial charge in [-0.05, 0) is 48.6 Å². The minimum Gasteiger partial charge on any atom is -0.324 e. The van der Waals surface area contributed by atoms with Gasteiger partial charge in [0, 0.05) is 24.7 Å². The summed E-state index contributed by atoms with van der Waals surface area (Å²) in [7, 11) is -3.37. The van der Waals surface area contributed by atoms with Crippen LogP contribution in [0.3, 0.4) is 0 Å². The Labute approximate surface area is 188 Å². The smallest absolute Gasteiger partial charge is 0.324 e. The summed E-state index contributed by atoms with van der Waals surface area (Å²) >= 11 is 1.35.